The normalized spacial score (nSPS) is 17.9. The maximum absolute atomic E-state index is 13.1. The second-order valence-electron chi connectivity index (χ2n) is 7.68. The van der Waals surface area contributed by atoms with E-state index in [1.54, 1.807) is 0 Å². The number of benzene rings is 1. The third kappa shape index (κ3) is 6.92. The molecule has 1 saturated heterocycles. The zero-order chi connectivity index (χ0) is 17.7. The molecule has 0 bridgehead atoms. The van der Waals surface area contributed by atoms with Crippen LogP contribution >= 0.6 is 28.3 Å². The minimum Gasteiger partial charge on any atom is -0.342 e. The molecular weight excluding hydrogens is 400 g/mol. The van der Waals surface area contributed by atoms with Gasteiger partial charge in [-0.15, -0.1) is 12.4 Å². The molecule has 1 amide bonds. The number of carbonyl (C=O) groups is 1. The van der Waals surface area contributed by atoms with Crippen LogP contribution in [0.3, 0.4) is 0 Å². The number of halogens is 2. The third-order valence-corrected chi connectivity index (χ3v) is 5.56. The molecule has 0 spiro atoms. The highest BCUT2D eigenvalue weighted by atomic mass is 79.9. The molecule has 0 saturated carbocycles. The van der Waals surface area contributed by atoms with E-state index in [1.165, 1.54) is 5.56 Å². The van der Waals surface area contributed by atoms with Crippen molar-refractivity contribution in [1.29, 1.82) is 0 Å². The average Bonchev–Trinajstić information content (AvgIpc) is 2.53. The fraction of sp³-hybridized carbons (Fsp3) is 0.650. The summed E-state index contributed by atoms with van der Waals surface area (Å²) >= 11 is 3.53. The van der Waals surface area contributed by atoms with E-state index in [-0.39, 0.29) is 24.4 Å². The van der Waals surface area contributed by atoms with Gasteiger partial charge in [-0.1, -0.05) is 41.9 Å². The van der Waals surface area contributed by atoms with E-state index in [9.17, 15) is 4.79 Å². The van der Waals surface area contributed by atoms with Crippen molar-refractivity contribution in [1.82, 2.24) is 4.90 Å². The Hall–Kier alpha value is -0.580. The number of nitrogens with zero attached hydrogens (tertiary/aromatic N) is 1. The van der Waals surface area contributed by atoms with Crippen molar-refractivity contribution >= 4 is 34.2 Å². The van der Waals surface area contributed by atoms with Crippen LogP contribution in [0.15, 0.2) is 28.7 Å². The molecule has 3 nitrogen and oxygen atoms in total. The van der Waals surface area contributed by atoms with Gasteiger partial charge in [0, 0.05) is 29.5 Å². The smallest absolute Gasteiger partial charge is 0.226 e. The molecule has 2 rings (SSSR count). The lowest BCUT2D eigenvalue weighted by molar-refractivity contribution is -0.137. The van der Waals surface area contributed by atoms with Gasteiger partial charge in [0.1, 0.15) is 0 Å². The van der Waals surface area contributed by atoms with Gasteiger partial charge in [0.15, 0.2) is 0 Å². The first kappa shape index (κ1) is 22.5. The highest BCUT2D eigenvalue weighted by molar-refractivity contribution is 9.10. The van der Waals surface area contributed by atoms with E-state index in [4.69, 9.17) is 5.73 Å². The van der Waals surface area contributed by atoms with Crippen LogP contribution in [0.25, 0.3) is 0 Å². The maximum Gasteiger partial charge on any atom is 0.226 e. The van der Waals surface area contributed by atoms with Crippen LogP contribution in [-0.4, -0.2) is 29.9 Å². The molecule has 0 radical (unpaired) electrons. The molecule has 2 N–H and O–H groups in total. The van der Waals surface area contributed by atoms with E-state index in [2.05, 4.69) is 53.7 Å². The van der Waals surface area contributed by atoms with Crippen molar-refractivity contribution < 1.29 is 4.79 Å². The summed E-state index contributed by atoms with van der Waals surface area (Å²) in [6.45, 7) is 8.19. The van der Waals surface area contributed by atoms with E-state index < -0.39 is 0 Å². The Balaban J connectivity index is 0.00000312. The number of amides is 1. The summed E-state index contributed by atoms with van der Waals surface area (Å²) in [6.07, 6.45) is 3.84. The Morgan fingerprint density at radius 2 is 1.92 bits per heavy atom. The first-order valence-corrected chi connectivity index (χ1v) is 9.95. The van der Waals surface area contributed by atoms with Gasteiger partial charge >= 0.3 is 0 Å². The Labute approximate surface area is 167 Å². The molecule has 2 unspecified atom stereocenters. The lowest BCUT2D eigenvalue weighted by atomic mass is 9.87. The fourth-order valence-corrected chi connectivity index (χ4v) is 4.14. The van der Waals surface area contributed by atoms with Crippen LogP contribution in [0.1, 0.15) is 45.6 Å². The maximum atomic E-state index is 13.1. The van der Waals surface area contributed by atoms with Gasteiger partial charge in [0.2, 0.25) is 5.91 Å². The average molecular weight is 432 g/mol. The second kappa shape index (κ2) is 10.5. The molecule has 1 heterocycles. The largest absolute Gasteiger partial charge is 0.342 e. The summed E-state index contributed by atoms with van der Waals surface area (Å²) < 4.78 is 1.08. The molecule has 2 atom stereocenters. The van der Waals surface area contributed by atoms with Gasteiger partial charge in [0.25, 0.3) is 0 Å². The van der Waals surface area contributed by atoms with Crippen molar-refractivity contribution in [2.45, 2.75) is 52.5 Å². The topological polar surface area (TPSA) is 46.3 Å². The molecule has 1 aliphatic heterocycles. The summed E-state index contributed by atoms with van der Waals surface area (Å²) in [7, 11) is 0. The molecule has 0 aliphatic carbocycles. The van der Waals surface area contributed by atoms with Crippen LogP contribution in [0.2, 0.25) is 0 Å². The highest BCUT2D eigenvalue weighted by Gasteiger charge is 2.29. The summed E-state index contributed by atoms with van der Waals surface area (Å²) in [5.41, 5.74) is 7.25. The van der Waals surface area contributed by atoms with Crippen LogP contribution in [0.4, 0.5) is 0 Å². The van der Waals surface area contributed by atoms with Gasteiger partial charge < -0.3 is 10.6 Å². The Kier molecular flexibility index (Phi) is 9.47. The van der Waals surface area contributed by atoms with Gasteiger partial charge in [0.05, 0.1) is 0 Å². The zero-order valence-electron chi connectivity index (χ0n) is 15.6. The molecule has 5 heteroatoms. The predicted molar refractivity (Wildman–Crippen MR) is 111 cm³/mol. The van der Waals surface area contributed by atoms with Crippen molar-refractivity contribution in [3.8, 4) is 0 Å². The fourth-order valence-electron chi connectivity index (χ4n) is 3.69. The molecule has 0 aromatic heterocycles. The Morgan fingerprint density at radius 1 is 1.28 bits per heavy atom. The van der Waals surface area contributed by atoms with Crippen LogP contribution in [-0.2, 0) is 11.2 Å². The molecular formula is C20H32BrClN2O. The van der Waals surface area contributed by atoms with Gasteiger partial charge in [-0.2, -0.15) is 0 Å². The Bertz CT molecular complexity index is 542. The predicted octanol–water partition coefficient (Wildman–Crippen LogP) is 4.66. The standard InChI is InChI=1S/C20H31BrN2O.ClH/c1-14(2)11-18(12-16-5-4-6-19(21)13-16)20(24)23-9-7-17(8-10-23)15(3)22;/h4-6,13-15,17-18H,7-12,22H2,1-3H3;1H. The minimum absolute atomic E-state index is 0. The van der Waals surface area contributed by atoms with E-state index in [0.29, 0.717) is 17.7 Å². The summed E-state index contributed by atoms with van der Waals surface area (Å²) in [5.74, 6) is 1.48. The number of rotatable bonds is 6. The first-order valence-electron chi connectivity index (χ1n) is 9.15. The molecule has 1 fully saturated rings. The summed E-state index contributed by atoms with van der Waals surface area (Å²) in [5, 5.41) is 0. The van der Waals surface area contributed by atoms with Crippen molar-refractivity contribution in [2.24, 2.45) is 23.5 Å². The molecule has 1 aromatic rings. The number of likely N-dealkylation sites (tertiary alicyclic amines) is 1. The van der Waals surface area contributed by atoms with Crippen LogP contribution < -0.4 is 5.73 Å². The van der Waals surface area contributed by atoms with Crippen LogP contribution in [0.5, 0.6) is 0 Å². The van der Waals surface area contributed by atoms with Gasteiger partial charge in [-0.3, -0.25) is 4.79 Å². The Morgan fingerprint density at radius 3 is 2.44 bits per heavy atom. The quantitative estimate of drug-likeness (QED) is 0.712. The molecule has 1 aromatic carbocycles. The second-order valence-corrected chi connectivity index (χ2v) is 8.60. The third-order valence-electron chi connectivity index (χ3n) is 5.07. The number of piperidine rings is 1. The number of nitrogens with two attached hydrogens (primary N) is 1. The first-order chi connectivity index (χ1) is 11.4. The van der Waals surface area contributed by atoms with Crippen LogP contribution in [0, 0.1) is 17.8 Å². The molecule has 1 aliphatic rings. The summed E-state index contributed by atoms with van der Waals surface area (Å²) in [6, 6.07) is 8.55. The zero-order valence-corrected chi connectivity index (χ0v) is 18.0. The molecule has 25 heavy (non-hydrogen) atoms. The van der Waals surface area contributed by atoms with Gasteiger partial charge in [-0.05, 0) is 62.1 Å². The minimum atomic E-state index is 0. The number of carbonyl (C=O) groups excluding carboxylic acids is 1. The lowest BCUT2D eigenvalue weighted by Crippen LogP contribution is -2.45. The highest BCUT2D eigenvalue weighted by Crippen LogP contribution is 2.25. The van der Waals surface area contributed by atoms with Crippen molar-refractivity contribution in [3.05, 3.63) is 34.3 Å². The number of hydrogen-bond acceptors (Lipinski definition) is 2. The van der Waals surface area contributed by atoms with E-state index >= 15 is 0 Å². The van der Waals surface area contributed by atoms with Crippen molar-refractivity contribution in [3.63, 3.8) is 0 Å². The lowest BCUT2D eigenvalue weighted by Gasteiger charge is -2.36. The van der Waals surface area contributed by atoms with E-state index in [1.807, 2.05) is 12.1 Å². The van der Waals surface area contributed by atoms with Crippen molar-refractivity contribution in [2.75, 3.05) is 13.1 Å². The number of hydrogen-bond donors (Lipinski definition) is 1. The SMILES string of the molecule is CC(C)CC(Cc1cccc(Br)c1)C(=O)N1CCC(C(C)N)CC1.Cl. The van der Waals surface area contributed by atoms with E-state index in [0.717, 1.165) is 43.2 Å². The summed E-state index contributed by atoms with van der Waals surface area (Å²) in [4.78, 5) is 15.2. The monoisotopic (exact) mass is 430 g/mol. The molecule has 142 valence electrons. The van der Waals surface area contributed by atoms with Gasteiger partial charge in [-0.25, -0.2) is 0 Å².